The molecule has 0 spiro atoms. The van der Waals surface area contributed by atoms with E-state index in [1.54, 1.807) is 47.4 Å². The molecule has 8 N–H and O–H groups in total. The van der Waals surface area contributed by atoms with Crippen molar-refractivity contribution in [1.29, 1.82) is 5.41 Å². The maximum absolute atomic E-state index is 13.5. The van der Waals surface area contributed by atoms with Crippen LogP contribution in [0.5, 0.6) is 11.5 Å². The fourth-order valence-corrected chi connectivity index (χ4v) is 8.02. The van der Waals surface area contributed by atoms with Gasteiger partial charge in [-0.3, -0.25) is 19.9 Å². The summed E-state index contributed by atoms with van der Waals surface area (Å²) < 4.78 is 22.3. The zero-order valence-electron chi connectivity index (χ0n) is 32.0. The first-order valence-electron chi connectivity index (χ1n) is 18.6. The molecular formula is C39H50N8O9S. The monoisotopic (exact) mass is 806 g/mol. The van der Waals surface area contributed by atoms with Crippen LogP contribution in [0.3, 0.4) is 0 Å². The molecule has 3 aromatic carbocycles. The van der Waals surface area contributed by atoms with E-state index < -0.39 is 41.3 Å². The van der Waals surface area contributed by atoms with E-state index in [1.807, 2.05) is 34.6 Å². The number of phenols is 2. The molecule has 2 fully saturated rings. The normalized spacial score (nSPS) is 17.1. The van der Waals surface area contributed by atoms with Gasteiger partial charge < -0.3 is 36.4 Å². The first kappa shape index (κ1) is 42.7. The van der Waals surface area contributed by atoms with E-state index in [2.05, 4.69) is 4.90 Å². The molecule has 5 rings (SSSR count). The van der Waals surface area contributed by atoms with Gasteiger partial charge in [0, 0.05) is 71.4 Å². The van der Waals surface area contributed by atoms with Gasteiger partial charge >= 0.3 is 18.0 Å². The zero-order chi connectivity index (χ0) is 41.4. The molecule has 0 radical (unpaired) electrons. The molecule has 306 valence electrons. The van der Waals surface area contributed by atoms with Crippen molar-refractivity contribution in [2.75, 3.05) is 57.3 Å². The molecule has 2 aliphatic heterocycles. The Bertz CT molecular complexity index is 1950. The molecule has 2 heterocycles. The number of hydrogen-bond donors (Lipinski definition) is 6. The number of carbonyl (C=O) groups excluding carboxylic acids is 3. The maximum Gasteiger partial charge on any atom is 0.347 e. The predicted octanol–water partition coefficient (Wildman–Crippen LogP) is 2.45. The van der Waals surface area contributed by atoms with Crippen molar-refractivity contribution in [1.82, 2.24) is 18.4 Å². The van der Waals surface area contributed by atoms with Crippen LogP contribution in [0.4, 0.5) is 10.5 Å². The largest absolute Gasteiger partial charge is 0.508 e. The van der Waals surface area contributed by atoms with Crippen molar-refractivity contribution in [3.05, 3.63) is 89.0 Å². The van der Waals surface area contributed by atoms with Crippen molar-refractivity contribution in [2.45, 2.75) is 51.3 Å². The Labute approximate surface area is 333 Å². The van der Waals surface area contributed by atoms with Crippen LogP contribution in [0.25, 0.3) is 0 Å². The van der Waals surface area contributed by atoms with Crippen LogP contribution in [0.1, 0.15) is 60.9 Å². The quantitative estimate of drug-likeness (QED) is 0.0785. The van der Waals surface area contributed by atoms with E-state index in [1.165, 1.54) is 6.07 Å². The SMILES string of the molecule is CC(C)c1cc(C(=N)N(C(N)=O)c2ccc(CN3CCN(S(=O)N4CCN(C(=O)CCC(=O)O[C@@H](C(=O)O)[C@@H](N)c5ccccc5)CC4)CC3)cc2)c(O)cc1O. The first-order chi connectivity index (χ1) is 27.1. The zero-order valence-corrected chi connectivity index (χ0v) is 32.8. The van der Waals surface area contributed by atoms with E-state index >= 15 is 0 Å². The molecule has 2 aliphatic rings. The van der Waals surface area contributed by atoms with Crippen LogP contribution in [0.2, 0.25) is 0 Å². The van der Waals surface area contributed by atoms with Gasteiger partial charge in [0.25, 0.3) is 0 Å². The van der Waals surface area contributed by atoms with Crippen LogP contribution in [0, 0.1) is 5.41 Å². The number of nitrogens with two attached hydrogens (primary N) is 2. The smallest absolute Gasteiger partial charge is 0.347 e. The number of esters is 1. The highest BCUT2D eigenvalue weighted by atomic mass is 32.2. The van der Waals surface area contributed by atoms with Crippen molar-refractivity contribution in [2.24, 2.45) is 11.5 Å². The number of amides is 3. The Hall–Kier alpha value is -5.40. The third kappa shape index (κ3) is 10.7. The number of nitrogens with zero attached hydrogens (tertiary/aromatic N) is 5. The van der Waals surface area contributed by atoms with Gasteiger partial charge in [-0.2, -0.15) is 0 Å². The van der Waals surface area contributed by atoms with Crippen molar-refractivity contribution in [3.63, 3.8) is 0 Å². The highest BCUT2D eigenvalue weighted by Crippen LogP contribution is 2.34. The van der Waals surface area contributed by atoms with Gasteiger partial charge in [-0.1, -0.05) is 56.3 Å². The average Bonchev–Trinajstić information content (AvgIpc) is 3.19. The molecule has 2 saturated heterocycles. The maximum atomic E-state index is 13.5. The summed E-state index contributed by atoms with van der Waals surface area (Å²) in [5.41, 5.74) is 14.1. The van der Waals surface area contributed by atoms with Gasteiger partial charge in [-0.05, 0) is 40.8 Å². The van der Waals surface area contributed by atoms with Gasteiger partial charge in [0.05, 0.1) is 23.7 Å². The van der Waals surface area contributed by atoms with Crippen molar-refractivity contribution < 1.29 is 43.4 Å². The van der Waals surface area contributed by atoms with Gasteiger partial charge in [0.15, 0.2) is 11.2 Å². The number of carboxylic acid groups (broad SMARTS) is 1. The van der Waals surface area contributed by atoms with Crippen LogP contribution in [0.15, 0.2) is 66.7 Å². The number of piperazine rings is 2. The number of nitrogens with one attached hydrogen (secondary N) is 1. The molecule has 0 aliphatic carbocycles. The number of carboxylic acids is 1. The van der Waals surface area contributed by atoms with Crippen LogP contribution in [-0.4, -0.2) is 126 Å². The third-order valence-electron chi connectivity index (χ3n) is 9.99. The van der Waals surface area contributed by atoms with Crippen LogP contribution < -0.4 is 16.4 Å². The predicted molar refractivity (Wildman–Crippen MR) is 212 cm³/mol. The summed E-state index contributed by atoms with van der Waals surface area (Å²) in [4.78, 5) is 54.4. The summed E-state index contributed by atoms with van der Waals surface area (Å²) in [5, 5.41) is 39.0. The second kappa shape index (κ2) is 19.2. The number of amidine groups is 1. The van der Waals surface area contributed by atoms with E-state index in [0.29, 0.717) is 75.7 Å². The van der Waals surface area contributed by atoms with Gasteiger partial charge in [0.2, 0.25) is 12.0 Å². The van der Waals surface area contributed by atoms with Crippen molar-refractivity contribution in [3.8, 4) is 11.5 Å². The summed E-state index contributed by atoms with van der Waals surface area (Å²) >= 11 is -1.41. The number of rotatable bonds is 14. The Morgan fingerprint density at radius 1 is 0.860 bits per heavy atom. The number of aromatic hydroxyl groups is 2. The molecule has 0 aromatic heterocycles. The fraction of sp³-hybridized carbons (Fsp3) is 0.410. The van der Waals surface area contributed by atoms with Gasteiger partial charge in [0.1, 0.15) is 17.3 Å². The molecule has 0 bridgehead atoms. The molecule has 17 nitrogen and oxygen atoms in total. The average molecular weight is 807 g/mol. The number of hydrogen-bond acceptors (Lipinski definition) is 11. The molecule has 1 unspecified atom stereocenters. The van der Waals surface area contributed by atoms with E-state index in [9.17, 15) is 38.7 Å². The van der Waals surface area contributed by atoms with E-state index in [0.717, 1.165) is 16.5 Å². The Balaban J connectivity index is 1.05. The minimum absolute atomic E-state index is 0.0550. The Morgan fingerprint density at radius 2 is 1.46 bits per heavy atom. The Kier molecular flexibility index (Phi) is 14.4. The fourth-order valence-electron chi connectivity index (χ4n) is 6.74. The molecule has 3 amide bonds. The lowest BCUT2D eigenvalue weighted by Gasteiger charge is -2.39. The molecular weight excluding hydrogens is 757 g/mol. The van der Waals surface area contributed by atoms with E-state index in [4.69, 9.17) is 21.6 Å². The van der Waals surface area contributed by atoms with Crippen LogP contribution >= 0.6 is 0 Å². The highest BCUT2D eigenvalue weighted by Gasteiger charge is 2.33. The summed E-state index contributed by atoms with van der Waals surface area (Å²) in [5.74, 6) is -3.38. The number of anilines is 1. The number of urea groups is 1. The first-order valence-corrected chi connectivity index (χ1v) is 19.7. The third-order valence-corrected chi connectivity index (χ3v) is 11.6. The molecule has 0 saturated carbocycles. The summed E-state index contributed by atoms with van der Waals surface area (Å²) in [7, 11) is 0. The van der Waals surface area contributed by atoms with Crippen LogP contribution in [-0.2, 0) is 36.8 Å². The second-order valence-corrected chi connectivity index (χ2v) is 15.7. The highest BCUT2D eigenvalue weighted by molar-refractivity contribution is 7.80. The lowest BCUT2D eigenvalue weighted by molar-refractivity contribution is -0.166. The van der Waals surface area contributed by atoms with Crippen molar-refractivity contribution >= 4 is 46.6 Å². The number of benzene rings is 3. The number of aliphatic carboxylic acids is 1. The molecule has 3 aromatic rings. The topological polar surface area (TPSA) is 247 Å². The number of carbonyl (C=O) groups is 4. The van der Waals surface area contributed by atoms with Gasteiger partial charge in [-0.25, -0.2) is 27.3 Å². The van der Waals surface area contributed by atoms with Gasteiger partial charge in [-0.15, -0.1) is 0 Å². The summed E-state index contributed by atoms with van der Waals surface area (Å²) in [6.07, 6.45) is -2.05. The minimum Gasteiger partial charge on any atom is -0.508 e. The second-order valence-electron chi connectivity index (χ2n) is 14.2. The summed E-state index contributed by atoms with van der Waals surface area (Å²) in [6.45, 7) is 8.14. The molecule has 18 heteroatoms. The number of phenolic OH excluding ortho intramolecular Hbond substituents is 2. The number of ether oxygens (including phenoxy) is 1. The standard InChI is InChI=1S/C39H50N8O9S/c1-25(2)29-22-30(32(49)23-31(29)48)37(41)47(39(42)54)28-10-8-26(9-11-28)24-43-14-18-45(19-15-43)57(55)46-20-16-44(17-21-46)33(50)12-13-34(51)56-36(38(52)53)35(40)27-6-4-3-5-7-27/h3-11,22-23,25,35-36,41,48-49H,12-21,24,40H2,1-2H3,(H2,42,54)(H,52,53)/t35-,36+,57?/m0/s1. The molecule has 57 heavy (non-hydrogen) atoms. The lowest BCUT2D eigenvalue weighted by Crippen LogP contribution is -2.55. The number of primary amides is 1. The minimum atomic E-state index is -1.60. The molecule has 3 atom stereocenters. The Morgan fingerprint density at radius 3 is 2.02 bits per heavy atom. The summed E-state index contributed by atoms with van der Waals surface area (Å²) in [6, 6.07) is 16.1. The lowest BCUT2D eigenvalue weighted by atomic mass is 9.98. The van der Waals surface area contributed by atoms with E-state index in [-0.39, 0.29) is 47.6 Å².